The van der Waals surface area contributed by atoms with Crippen LogP contribution in [0.3, 0.4) is 0 Å². The number of nitrogens with one attached hydrogen (secondary N) is 1. The Hall–Kier alpha value is -0.0800. The summed E-state index contributed by atoms with van der Waals surface area (Å²) < 4.78 is 0. The lowest BCUT2D eigenvalue weighted by atomic mass is 10.0. The van der Waals surface area contributed by atoms with Crippen molar-refractivity contribution in [2.75, 3.05) is 19.6 Å². The molecular formula is C37H78N2. The van der Waals surface area contributed by atoms with Gasteiger partial charge in [0.15, 0.2) is 0 Å². The third-order valence-corrected chi connectivity index (χ3v) is 8.76. The fourth-order valence-electron chi connectivity index (χ4n) is 5.98. The standard InChI is InChI=1S/C37H78N2/c1-2-3-4-5-6-7-8-9-10-11-12-13-14-15-16-17-18-19-20-21-22-23-24-25-26-27-28-29-30-31-32-33-36-39-37-34-35-38/h39H,2-38H2,1H3. The summed E-state index contributed by atoms with van der Waals surface area (Å²) in [6, 6.07) is 0. The maximum atomic E-state index is 5.51. The third kappa shape index (κ3) is 37.9. The smallest absolute Gasteiger partial charge is 0.00369 e. The normalized spacial score (nSPS) is 11.5. The topological polar surface area (TPSA) is 38.0 Å². The molecule has 0 radical (unpaired) electrons. The van der Waals surface area contributed by atoms with Crippen molar-refractivity contribution in [1.82, 2.24) is 5.32 Å². The molecular weight excluding hydrogens is 472 g/mol. The van der Waals surface area contributed by atoms with Crippen molar-refractivity contribution in [1.29, 1.82) is 0 Å². The molecule has 0 bridgehead atoms. The lowest BCUT2D eigenvalue weighted by Gasteiger charge is -2.05. The average Bonchev–Trinajstić information content (AvgIpc) is 2.95. The van der Waals surface area contributed by atoms with Crippen molar-refractivity contribution in [2.45, 2.75) is 219 Å². The van der Waals surface area contributed by atoms with E-state index in [-0.39, 0.29) is 0 Å². The van der Waals surface area contributed by atoms with Crippen molar-refractivity contribution in [3.05, 3.63) is 0 Å². The maximum absolute atomic E-state index is 5.51. The van der Waals surface area contributed by atoms with Gasteiger partial charge in [-0.25, -0.2) is 0 Å². The summed E-state index contributed by atoms with van der Waals surface area (Å²) in [6.07, 6.45) is 48.1. The molecule has 0 aliphatic carbocycles. The number of rotatable bonds is 36. The van der Waals surface area contributed by atoms with E-state index >= 15 is 0 Å². The van der Waals surface area contributed by atoms with Gasteiger partial charge in [0.2, 0.25) is 0 Å². The van der Waals surface area contributed by atoms with E-state index in [2.05, 4.69) is 12.2 Å². The van der Waals surface area contributed by atoms with Crippen molar-refractivity contribution in [2.24, 2.45) is 5.73 Å². The zero-order chi connectivity index (χ0) is 28.2. The summed E-state index contributed by atoms with van der Waals surface area (Å²) in [5.41, 5.74) is 5.51. The van der Waals surface area contributed by atoms with E-state index in [0.717, 1.165) is 19.5 Å². The molecule has 2 nitrogen and oxygen atoms in total. The SMILES string of the molecule is CCCCCCCCCCCCCCCCCCCCCCCCCCCCCCCCCCNCCCN. The van der Waals surface area contributed by atoms with Crippen LogP contribution in [0.2, 0.25) is 0 Å². The highest BCUT2D eigenvalue weighted by molar-refractivity contribution is 4.53. The molecule has 3 N–H and O–H groups in total. The molecule has 0 fully saturated rings. The summed E-state index contributed by atoms with van der Waals surface area (Å²) in [5.74, 6) is 0. The zero-order valence-electron chi connectivity index (χ0n) is 27.5. The van der Waals surface area contributed by atoms with Gasteiger partial charge in [0, 0.05) is 0 Å². The molecule has 0 aliphatic rings. The van der Waals surface area contributed by atoms with Gasteiger partial charge >= 0.3 is 0 Å². The van der Waals surface area contributed by atoms with Gasteiger partial charge in [0.05, 0.1) is 0 Å². The van der Waals surface area contributed by atoms with Gasteiger partial charge < -0.3 is 11.1 Å². The Morgan fingerprint density at radius 1 is 0.282 bits per heavy atom. The van der Waals surface area contributed by atoms with Crippen molar-refractivity contribution < 1.29 is 0 Å². The van der Waals surface area contributed by atoms with Crippen LogP contribution in [0.1, 0.15) is 219 Å². The van der Waals surface area contributed by atoms with E-state index in [9.17, 15) is 0 Å². The molecule has 0 saturated heterocycles. The van der Waals surface area contributed by atoms with Gasteiger partial charge in [-0.2, -0.15) is 0 Å². The second-order valence-corrected chi connectivity index (χ2v) is 12.9. The number of hydrogen-bond donors (Lipinski definition) is 2. The van der Waals surface area contributed by atoms with Crippen LogP contribution < -0.4 is 11.1 Å². The molecule has 0 aromatic rings. The molecule has 0 atom stereocenters. The van der Waals surface area contributed by atoms with Crippen LogP contribution in [-0.2, 0) is 0 Å². The Balaban J connectivity index is 3.01. The van der Waals surface area contributed by atoms with Gasteiger partial charge in [-0.3, -0.25) is 0 Å². The Bertz CT molecular complexity index is 361. The van der Waals surface area contributed by atoms with E-state index in [0.29, 0.717) is 0 Å². The molecule has 0 rings (SSSR count). The van der Waals surface area contributed by atoms with Gasteiger partial charge in [-0.05, 0) is 32.5 Å². The first-order valence-corrected chi connectivity index (χ1v) is 18.8. The molecule has 2 heteroatoms. The number of hydrogen-bond acceptors (Lipinski definition) is 2. The van der Waals surface area contributed by atoms with E-state index in [1.54, 1.807) is 0 Å². The van der Waals surface area contributed by atoms with Gasteiger partial charge in [0.1, 0.15) is 0 Å². The van der Waals surface area contributed by atoms with Crippen LogP contribution in [0.5, 0.6) is 0 Å². The summed E-state index contributed by atoms with van der Waals surface area (Å²) in [5, 5.41) is 3.48. The van der Waals surface area contributed by atoms with Crippen LogP contribution >= 0.6 is 0 Å². The highest BCUT2D eigenvalue weighted by atomic mass is 14.8. The zero-order valence-corrected chi connectivity index (χ0v) is 27.5. The summed E-state index contributed by atoms with van der Waals surface area (Å²) in [7, 11) is 0. The predicted molar refractivity (Wildman–Crippen MR) is 180 cm³/mol. The summed E-state index contributed by atoms with van der Waals surface area (Å²) >= 11 is 0. The van der Waals surface area contributed by atoms with Crippen LogP contribution in [0.15, 0.2) is 0 Å². The Morgan fingerprint density at radius 3 is 0.718 bits per heavy atom. The molecule has 0 aliphatic heterocycles. The molecule has 0 aromatic carbocycles. The largest absolute Gasteiger partial charge is 0.330 e. The van der Waals surface area contributed by atoms with Crippen molar-refractivity contribution >= 4 is 0 Å². The molecule has 0 unspecified atom stereocenters. The minimum absolute atomic E-state index is 0.812. The van der Waals surface area contributed by atoms with E-state index in [1.807, 2.05) is 0 Å². The van der Waals surface area contributed by atoms with Crippen molar-refractivity contribution in [3.8, 4) is 0 Å². The molecule has 0 spiro atoms. The summed E-state index contributed by atoms with van der Waals surface area (Å²) in [4.78, 5) is 0. The lowest BCUT2D eigenvalue weighted by molar-refractivity contribution is 0.511. The second-order valence-electron chi connectivity index (χ2n) is 12.9. The minimum atomic E-state index is 0.812. The third-order valence-electron chi connectivity index (χ3n) is 8.76. The second kappa shape index (κ2) is 37.9. The first kappa shape index (κ1) is 38.9. The van der Waals surface area contributed by atoms with Crippen LogP contribution in [-0.4, -0.2) is 19.6 Å². The first-order valence-electron chi connectivity index (χ1n) is 18.8. The van der Waals surface area contributed by atoms with Crippen LogP contribution in [0.4, 0.5) is 0 Å². The predicted octanol–water partition coefficient (Wildman–Crippen LogP) is 12.4. The highest BCUT2D eigenvalue weighted by Gasteiger charge is 1.97. The Kier molecular flexibility index (Phi) is 37.8. The van der Waals surface area contributed by atoms with Crippen molar-refractivity contribution in [3.63, 3.8) is 0 Å². The van der Waals surface area contributed by atoms with E-state index < -0.39 is 0 Å². The molecule has 0 heterocycles. The van der Waals surface area contributed by atoms with Crippen LogP contribution in [0, 0.1) is 0 Å². The fraction of sp³-hybridized carbons (Fsp3) is 1.00. The molecule has 39 heavy (non-hydrogen) atoms. The fourth-order valence-corrected chi connectivity index (χ4v) is 5.98. The molecule has 0 aromatic heterocycles. The molecule has 0 saturated carbocycles. The number of unbranched alkanes of at least 4 members (excludes halogenated alkanes) is 31. The summed E-state index contributed by atoms with van der Waals surface area (Å²) in [6.45, 7) is 5.39. The van der Waals surface area contributed by atoms with E-state index in [4.69, 9.17) is 5.73 Å². The lowest BCUT2D eigenvalue weighted by Crippen LogP contribution is -2.19. The quantitative estimate of drug-likeness (QED) is 0.0761. The minimum Gasteiger partial charge on any atom is -0.330 e. The number of nitrogens with two attached hydrogens (primary N) is 1. The monoisotopic (exact) mass is 551 g/mol. The highest BCUT2D eigenvalue weighted by Crippen LogP contribution is 2.16. The first-order chi connectivity index (χ1) is 19.4. The Labute approximate surface area is 249 Å². The van der Waals surface area contributed by atoms with Gasteiger partial charge in [-0.15, -0.1) is 0 Å². The van der Waals surface area contributed by atoms with Gasteiger partial charge in [0.25, 0.3) is 0 Å². The van der Waals surface area contributed by atoms with Crippen LogP contribution in [0.25, 0.3) is 0 Å². The van der Waals surface area contributed by atoms with E-state index in [1.165, 1.54) is 212 Å². The average molecular weight is 551 g/mol. The maximum Gasteiger partial charge on any atom is -0.00369 e. The molecule has 236 valence electrons. The molecule has 0 amide bonds. The Morgan fingerprint density at radius 2 is 0.487 bits per heavy atom. The van der Waals surface area contributed by atoms with Gasteiger partial charge in [-0.1, -0.05) is 206 Å².